The highest BCUT2D eigenvalue weighted by molar-refractivity contribution is 5.79. The molecule has 1 N–H and O–H groups in total. The van der Waals surface area contributed by atoms with Crippen molar-refractivity contribution in [2.24, 2.45) is 5.92 Å². The number of carbonyl (C=O) groups excluding carboxylic acids is 1. The molecule has 0 unspecified atom stereocenters. The lowest BCUT2D eigenvalue weighted by molar-refractivity contribution is -0.127. The zero-order valence-corrected chi connectivity index (χ0v) is 18.2. The Balaban J connectivity index is 1.54. The number of amides is 1. The van der Waals surface area contributed by atoms with Gasteiger partial charge in [-0.05, 0) is 74.5 Å². The first-order valence-electron chi connectivity index (χ1n) is 10.7. The highest BCUT2D eigenvalue weighted by Gasteiger charge is 2.26. The van der Waals surface area contributed by atoms with Gasteiger partial charge in [-0.15, -0.1) is 0 Å². The maximum atomic E-state index is 12.9. The van der Waals surface area contributed by atoms with E-state index in [0.29, 0.717) is 0 Å². The lowest BCUT2D eigenvalue weighted by atomic mass is 9.94. The quantitative estimate of drug-likeness (QED) is 0.734. The summed E-state index contributed by atoms with van der Waals surface area (Å²) in [7, 11) is 1.69. The molecule has 1 amide bonds. The van der Waals surface area contributed by atoms with Crippen molar-refractivity contribution in [2.75, 3.05) is 20.2 Å². The van der Waals surface area contributed by atoms with Gasteiger partial charge < -0.3 is 10.1 Å². The van der Waals surface area contributed by atoms with Gasteiger partial charge in [-0.2, -0.15) is 0 Å². The lowest BCUT2D eigenvalue weighted by Crippen LogP contribution is -2.41. The standard InChI is InChI=1S/C25H34N2O2/c1-5-23(21-10-11-24(29-4)19(3)16-21)26-25(28)20-12-14-27(15-13-20)17-22-9-7-6-8-18(22)2/h6-11,16,20,23H,5,12-15,17H2,1-4H3,(H,26,28)/t23-/m1/s1. The molecule has 4 heteroatoms. The summed E-state index contributed by atoms with van der Waals surface area (Å²) < 4.78 is 5.36. The lowest BCUT2D eigenvalue weighted by Gasteiger charge is -2.32. The first-order chi connectivity index (χ1) is 14.0. The van der Waals surface area contributed by atoms with E-state index in [0.717, 1.165) is 55.8 Å². The number of likely N-dealkylation sites (tertiary alicyclic amines) is 1. The third-order valence-electron chi connectivity index (χ3n) is 6.16. The fourth-order valence-electron chi connectivity index (χ4n) is 4.21. The molecule has 1 saturated heterocycles. The van der Waals surface area contributed by atoms with Crippen LogP contribution >= 0.6 is 0 Å². The van der Waals surface area contributed by atoms with Crippen LogP contribution in [0.2, 0.25) is 0 Å². The fraction of sp³-hybridized carbons (Fsp3) is 0.480. The highest BCUT2D eigenvalue weighted by atomic mass is 16.5. The average Bonchev–Trinajstić information content (AvgIpc) is 2.74. The predicted octanol–water partition coefficient (Wildman–Crippen LogP) is 4.79. The van der Waals surface area contributed by atoms with E-state index < -0.39 is 0 Å². The summed E-state index contributed by atoms with van der Waals surface area (Å²) in [6.45, 7) is 9.26. The Hall–Kier alpha value is -2.33. The van der Waals surface area contributed by atoms with Crippen LogP contribution in [-0.4, -0.2) is 31.0 Å². The normalized spacial score (nSPS) is 16.4. The number of piperidine rings is 1. The molecule has 0 saturated carbocycles. The Morgan fingerprint density at radius 3 is 2.48 bits per heavy atom. The molecule has 3 rings (SSSR count). The number of aryl methyl sites for hydroxylation is 2. The number of ether oxygens (including phenoxy) is 1. The Labute approximate surface area is 175 Å². The van der Waals surface area contributed by atoms with Gasteiger partial charge in [-0.25, -0.2) is 0 Å². The number of rotatable bonds is 7. The Morgan fingerprint density at radius 2 is 1.86 bits per heavy atom. The molecular formula is C25H34N2O2. The van der Waals surface area contributed by atoms with Crippen LogP contribution in [0.15, 0.2) is 42.5 Å². The van der Waals surface area contributed by atoms with Crippen molar-refractivity contribution >= 4 is 5.91 Å². The van der Waals surface area contributed by atoms with Crippen LogP contribution in [0.1, 0.15) is 54.5 Å². The minimum absolute atomic E-state index is 0.0529. The van der Waals surface area contributed by atoms with Crippen LogP contribution in [0.4, 0.5) is 0 Å². The molecule has 0 spiro atoms. The molecule has 156 valence electrons. The van der Waals surface area contributed by atoms with Crippen LogP contribution < -0.4 is 10.1 Å². The van der Waals surface area contributed by atoms with Gasteiger partial charge >= 0.3 is 0 Å². The zero-order valence-electron chi connectivity index (χ0n) is 18.2. The molecule has 2 aromatic rings. The van der Waals surface area contributed by atoms with Gasteiger partial charge in [0, 0.05) is 12.5 Å². The van der Waals surface area contributed by atoms with E-state index in [-0.39, 0.29) is 17.9 Å². The van der Waals surface area contributed by atoms with Crippen LogP contribution in [0.25, 0.3) is 0 Å². The summed E-state index contributed by atoms with van der Waals surface area (Å²) in [5, 5.41) is 3.29. The van der Waals surface area contributed by atoms with Crippen molar-refractivity contribution in [3.05, 3.63) is 64.7 Å². The Morgan fingerprint density at radius 1 is 1.14 bits per heavy atom. The third kappa shape index (κ3) is 5.39. The van der Waals surface area contributed by atoms with Crippen LogP contribution in [0, 0.1) is 19.8 Å². The van der Waals surface area contributed by atoms with E-state index in [1.165, 1.54) is 11.1 Å². The molecule has 1 heterocycles. The van der Waals surface area contributed by atoms with E-state index in [2.05, 4.69) is 60.5 Å². The number of nitrogens with zero attached hydrogens (tertiary/aromatic N) is 1. The van der Waals surface area contributed by atoms with Gasteiger partial charge in [0.2, 0.25) is 5.91 Å². The van der Waals surface area contributed by atoms with Crippen LogP contribution in [0.5, 0.6) is 5.75 Å². The van der Waals surface area contributed by atoms with Crippen LogP contribution in [0.3, 0.4) is 0 Å². The summed E-state index contributed by atoms with van der Waals surface area (Å²) in [5.74, 6) is 1.19. The number of nitrogens with one attached hydrogen (secondary N) is 1. The topological polar surface area (TPSA) is 41.6 Å². The highest BCUT2D eigenvalue weighted by Crippen LogP contribution is 2.26. The molecule has 0 bridgehead atoms. The molecule has 29 heavy (non-hydrogen) atoms. The van der Waals surface area contributed by atoms with Gasteiger partial charge in [0.25, 0.3) is 0 Å². The molecule has 4 nitrogen and oxygen atoms in total. The number of carbonyl (C=O) groups is 1. The van der Waals surface area contributed by atoms with Crippen molar-refractivity contribution in [1.29, 1.82) is 0 Å². The van der Waals surface area contributed by atoms with Gasteiger partial charge in [0.1, 0.15) is 5.75 Å². The van der Waals surface area contributed by atoms with Crippen molar-refractivity contribution in [1.82, 2.24) is 10.2 Å². The second-order valence-corrected chi connectivity index (χ2v) is 8.18. The maximum Gasteiger partial charge on any atom is 0.223 e. The number of hydrogen-bond acceptors (Lipinski definition) is 3. The Bertz CT molecular complexity index is 825. The monoisotopic (exact) mass is 394 g/mol. The van der Waals surface area contributed by atoms with E-state index in [1.807, 2.05) is 13.0 Å². The summed E-state index contributed by atoms with van der Waals surface area (Å²) in [6.07, 6.45) is 2.73. The smallest absolute Gasteiger partial charge is 0.223 e. The average molecular weight is 395 g/mol. The molecule has 1 aliphatic heterocycles. The molecule has 2 aromatic carbocycles. The van der Waals surface area contributed by atoms with Crippen molar-refractivity contribution < 1.29 is 9.53 Å². The predicted molar refractivity (Wildman–Crippen MR) is 118 cm³/mol. The van der Waals surface area contributed by atoms with E-state index >= 15 is 0 Å². The van der Waals surface area contributed by atoms with Crippen molar-refractivity contribution in [3.8, 4) is 5.75 Å². The fourth-order valence-corrected chi connectivity index (χ4v) is 4.21. The summed E-state index contributed by atoms with van der Waals surface area (Å²) in [6, 6.07) is 14.8. The number of methoxy groups -OCH3 is 1. The van der Waals surface area contributed by atoms with E-state index in [1.54, 1.807) is 7.11 Å². The first-order valence-corrected chi connectivity index (χ1v) is 10.7. The second-order valence-electron chi connectivity index (χ2n) is 8.18. The van der Waals surface area contributed by atoms with Gasteiger partial charge in [0.05, 0.1) is 13.2 Å². The third-order valence-corrected chi connectivity index (χ3v) is 6.16. The van der Waals surface area contributed by atoms with Crippen molar-refractivity contribution in [2.45, 2.75) is 52.6 Å². The van der Waals surface area contributed by atoms with Gasteiger partial charge in [0.15, 0.2) is 0 Å². The van der Waals surface area contributed by atoms with E-state index in [4.69, 9.17) is 4.74 Å². The molecule has 0 aliphatic carbocycles. The van der Waals surface area contributed by atoms with Gasteiger partial charge in [-0.3, -0.25) is 9.69 Å². The largest absolute Gasteiger partial charge is 0.496 e. The molecule has 1 aliphatic rings. The first kappa shape index (κ1) is 21.4. The van der Waals surface area contributed by atoms with Crippen LogP contribution in [-0.2, 0) is 11.3 Å². The Kier molecular flexibility index (Phi) is 7.32. The van der Waals surface area contributed by atoms with Gasteiger partial charge in [-0.1, -0.05) is 43.3 Å². The summed E-state index contributed by atoms with van der Waals surface area (Å²) in [5.41, 5.74) is 4.97. The second kappa shape index (κ2) is 9.93. The van der Waals surface area contributed by atoms with Crippen molar-refractivity contribution in [3.63, 3.8) is 0 Å². The molecule has 0 radical (unpaired) electrons. The maximum absolute atomic E-state index is 12.9. The summed E-state index contributed by atoms with van der Waals surface area (Å²) >= 11 is 0. The molecular weight excluding hydrogens is 360 g/mol. The number of hydrogen-bond donors (Lipinski definition) is 1. The SMILES string of the molecule is CC[C@@H](NC(=O)C1CCN(Cc2ccccc2C)CC1)c1ccc(OC)c(C)c1. The zero-order chi connectivity index (χ0) is 20.8. The molecule has 1 fully saturated rings. The molecule has 0 aromatic heterocycles. The minimum atomic E-state index is 0.0529. The number of benzene rings is 2. The summed E-state index contributed by atoms with van der Waals surface area (Å²) in [4.78, 5) is 15.4. The molecule has 1 atom stereocenters. The van der Waals surface area contributed by atoms with E-state index in [9.17, 15) is 4.79 Å². The minimum Gasteiger partial charge on any atom is -0.496 e.